The minimum atomic E-state index is -0.635. The zero-order valence-corrected chi connectivity index (χ0v) is 15.0. The van der Waals surface area contributed by atoms with Crippen LogP contribution in [0.25, 0.3) is 6.08 Å². The molecule has 3 N–H and O–H groups in total. The van der Waals surface area contributed by atoms with Gasteiger partial charge in [0, 0.05) is 11.0 Å². The fourth-order valence-corrected chi connectivity index (χ4v) is 3.04. The summed E-state index contributed by atoms with van der Waals surface area (Å²) >= 11 is 2.79. The van der Waals surface area contributed by atoms with Gasteiger partial charge in [0.1, 0.15) is 5.00 Å². The van der Waals surface area contributed by atoms with Gasteiger partial charge in [0.05, 0.1) is 5.56 Å². The molecule has 0 atom stereocenters. The average molecular weight is 376 g/mol. The summed E-state index contributed by atoms with van der Waals surface area (Å²) in [6, 6.07) is 9.16. The van der Waals surface area contributed by atoms with Crippen LogP contribution < -0.4 is 11.1 Å². The van der Waals surface area contributed by atoms with Crippen molar-refractivity contribution < 1.29 is 19.1 Å². The van der Waals surface area contributed by atoms with Crippen molar-refractivity contribution in [1.82, 2.24) is 0 Å². The van der Waals surface area contributed by atoms with Crippen LogP contribution in [0.5, 0.6) is 0 Å². The first kappa shape index (κ1) is 18.8. The number of thioether (sulfide) groups is 1. The minimum Gasteiger partial charge on any atom is -0.452 e. The van der Waals surface area contributed by atoms with Gasteiger partial charge in [-0.3, -0.25) is 9.59 Å². The highest BCUT2D eigenvalue weighted by Crippen LogP contribution is 2.22. The molecule has 0 aliphatic rings. The third-order valence-corrected chi connectivity index (χ3v) is 4.63. The van der Waals surface area contributed by atoms with E-state index in [4.69, 9.17) is 10.5 Å². The Hall–Kier alpha value is -2.58. The lowest BCUT2D eigenvalue weighted by atomic mass is 10.2. The van der Waals surface area contributed by atoms with Crippen molar-refractivity contribution in [2.75, 3.05) is 18.2 Å². The molecule has 0 saturated heterocycles. The number of nitrogens with one attached hydrogen (secondary N) is 1. The number of rotatable bonds is 7. The predicted molar refractivity (Wildman–Crippen MR) is 99.7 cm³/mol. The highest BCUT2D eigenvalue weighted by atomic mass is 32.2. The maximum Gasteiger partial charge on any atom is 0.331 e. The predicted octanol–water partition coefficient (Wildman–Crippen LogP) is 2.76. The van der Waals surface area contributed by atoms with E-state index in [9.17, 15) is 14.4 Å². The monoisotopic (exact) mass is 376 g/mol. The summed E-state index contributed by atoms with van der Waals surface area (Å²) in [4.78, 5) is 35.7. The highest BCUT2D eigenvalue weighted by molar-refractivity contribution is 7.98. The van der Waals surface area contributed by atoms with Gasteiger partial charge in [-0.15, -0.1) is 23.1 Å². The van der Waals surface area contributed by atoms with Gasteiger partial charge in [0.15, 0.2) is 6.61 Å². The van der Waals surface area contributed by atoms with Crippen molar-refractivity contribution in [2.24, 2.45) is 5.73 Å². The van der Waals surface area contributed by atoms with Gasteiger partial charge in [0.2, 0.25) is 0 Å². The quantitative estimate of drug-likeness (QED) is 0.440. The maximum atomic E-state index is 11.8. The smallest absolute Gasteiger partial charge is 0.331 e. The molecule has 2 amide bonds. The fourth-order valence-electron chi connectivity index (χ4n) is 1.83. The Morgan fingerprint density at radius 3 is 2.60 bits per heavy atom. The van der Waals surface area contributed by atoms with E-state index < -0.39 is 24.4 Å². The van der Waals surface area contributed by atoms with Crippen LogP contribution in [-0.2, 0) is 14.3 Å². The lowest BCUT2D eigenvalue weighted by Gasteiger charge is -2.04. The summed E-state index contributed by atoms with van der Waals surface area (Å²) in [7, 11) is 0. The van der Waals surface area contributed by atoms with Crippen molar-refractivity contribution in [3.63, 3.8) is 0 Å². The molecule has 1 heterocycles. The van der Waals surface area contributed by atoms with Crippen molar-refractivity contribution in [2.45, 2.75) is 4.90 Å². The maximum absolute atomic E-state index is 11.8. The van der Waals surface area contributed by atoms with Crippen LogP contribution in [0.2, 0.25) is 0 Å². The first-order valence-corrected chi connectivity index (χ1v) is 9.26. The summed E-state index contributed by atoms with van der Waals surface area (Å²) in [5, 5.41) is 4.45. The molecule has 0 radical (unpaired) electrons. The summed E-state index contributed by atoms with van der Waals surface area (Å²) in [5.41, 5.74) is 6.26. The number of anilines is 1. The molecule has 1 aromatic heterocycles. The number of thiophene rings is 1. The number of amides is 2. The van der Waals surface area contributed by atoms with Gasteiger partial charge in [-0.05, 0) is 41.5 Å². The summed E-state index contributed by atoms with van der Waals surface area (Å²) in [5.74, 6) is -1.81. The van der Waals surface area contributed by atoms with Gasteiger partial charge in [-0.2, -0.15) is 0 Å². The van der Waals surface area contributed by atoms with Crippen molar-refractivity contribution >= 4 is 52.0 Å². The average Bonchev–Trinajstić information content (AvgIpc) is 3.07. The number of esters is 1. The van der Waals surface area contributed by atoms with Crippen LogP contribution in [0, 0.1) is 0 Å². The van der Waals surface area contributed by atoms with Gasteiger partial charge in [0.25, 0.3) is 11.8 Å². The second-order valence-electron chi connectivity index (χ2n) is 4.79. The number of carbonyl (C=O) groups excluding carboxylic acids is 3. The van der Waals surface area contributed by atoms with Crippen LogP contribution in [0.3, 0.4) is 0 Å². The Kier molecular flexibility index (Phi) is 6.79. The van der Waals surface area contributed by atoms with Gasteiger partial charge < -0.3 is 15.8 Å². The Bertz CT molecular complexity index is 797. The van der Waals surface area contributed by atoms with Crippen LogP contribution in [0.1, 0.15) is 15.9 Å². The largest absolute Gasteiger partial charge is 0.452 e. The Labute approximate surface area is 153 Å². The third-order valence-electron chi connectivity index (χ3n) is 3.06. The minimum absolute atomic E-state index is 0.221. The first-order valence-electron chi connectivity index (χ1n) is 7.15. The molecule has 0 spiro atoms. The number of hydrogen-bond acceptors (Lipinski definition) is 6. The summed E-state index contributed by atoms with van der Waals surface area (Å²) < 4.78 is 4.87. The Morgan fingerprint density at radius 1 is 1.24 bits per heavy atom. The topological polar surface area (TPSA) is 98.5 Å². The Morgan fingerprint density at radius 2 is 1.96 bits per heavy atom. The molecule has 0 saturated carbocycles. The van der Waals surface area contributed by atoms with E-state index in [1.165, 1.54) is 12.1 Å². The van der Waals surface area contributed by atoms with Gasteiger partial charge in [-0.1, -0.05) is 12.1 Å². The fraction of sp³-hybridized carbons (Fsp3) is 0.118. The Balaban J connectivity index is 1.82. The van der Waals surface area contributed by atoms with E-state index >= 15 is 0 Å². The molecule has 0 unspecified atom stereocenters. The number of hydrogen-bond donors (Lipinski definition) is 2. The molecule has 8 heteroatoms. The molecule has 0 aliphatic carbocycles. The van der Waals surface area contributed by atoms with Gasteiger partial charge >= 0.3 is 5.97 Å². The van der Waals surface area contributed by atoms with Crippen LogP contribution >= 0.6 is 23.1 Å². The molecule has 2 aromatic rings. The lowest BCUT2D eigenvalue weighted by molar-refractivity contribution is -0.142. The molecule has 25 heavy (non-hydrogen) atoms. The number of nitrogens with two attached hydrogens (primary N) is 1. The normalized spacial score (nSPS) is 10.6. The van der Waals surface area contributed by atoms with E-state index in [-0.39, 0.29) is 5.56 Å². The second-order valence-corrected chi connectivity index (χ2v) is 6.59. The number of carbonyl (C=O) groups is 3. The lowest BCUT2D eigenvalue weighted by Crippen LogP contribution is -2.21. The SMILES string of the molecule is CSc1ccc(C=CC(=O)OCC(=O)Nc2sccc2C(N)=O)cc1. The molecule has 2 rings (SSSR count). The molecule has 0 bridgehead atoms. The number of primary amides is 1. The first-order chi connectivity index (χ1) is 12.0. The summed E-state index contributed by atoms with van der Waals surface area (Å²) in [6.07, 6.45) is 4.84. The van der Waals surface area contributed by atoms with E-state index in [0.29, 0.717) is 5.00 Å². The van der Waals surface area contributed by atoms with Crippen molar-refractivity contribution in [1.29, 1.82) is 0 Å². The molecule has 0 aliphatic heterocycles. The van der Waals surface area contributed by atoms with E-state index in [0.717, 1.165) is 21.8 Å². The molecule has 130 valence electrons. The zero-order chi connectivity index (χ0) is 18.2. The standard InChI is InChI=1S/C17H16N2O4S2/c1-24-12-5-2-11(3-6-12)4-7-15(21)23-10-14(20)19-17-13(16(18)22)8-9-25-17/h2-9H,10H2,1H3,(H2,18,22)(H,19,20). The molecule has 1 aromatic carbocycles. The van der Waals surface area contributed by atoms with E-state index in [1.807, 2.05) is 30.5 Å². The molecule has 6 nitrogen and oxygen atoms in total. The van der Waals surface area contributed by atoms with Crippen LogP contribution in [0.4, 0.5) is 5.00 Å². The zero-order valence-electron chi connectivity index (χ0n) is 13.4. The van der Waals surface area contributed by atoms with Crippen LogP contribution in [-0.4, -0.2) is 30.6 Å². The molecular weight excluding hydrogens is 360 g/mol. The molecule has 0 fully saturated rings. The summed E-state index contributed by atoms with van der Waals surface area (Å²) in [6.45, 7) is -0.454. The van der Waals surface area contributed by atoms with E-state index in [2.05, 4.69) is 5.32 Å². The second kappa shape index (κ2) is 9.05. The highest BCUT2D eigenvalue weighted by Gasteiger charge is 2.13. The van der Waals surface area contributed by atoms with Crippen molar-refractivity contribution in [3.05, 3.63) is 52.9 Å². The van der Waals surface area contributed by atoms with Gasteiger partial charge in [-0.25, -0.2) is 4.79 Å². The number of benzene rings is 1. The van der Waals surface area contributed by atoms with E-state index in [1.54, 1.807) is 23.2 Å². The van der Waals surface area contributed by atoms with Crippen molar-refractivity contribution in [3.8, 4) is 0 Å². The number of ether oxygens (including phenoxy) is 1. The molecular formula is C17H16N2O4S2. The van der Waals surface area contributed by atoms with Crippen LogP contribution in [0.15, 0.2) is 46.7 Å². The third kappa shape index (κ3) is 5.77.